The Morgan fingerprint density at radius 3 is 2.67 bits per heavy atom. The molecule has 3 aromatic rings. The first-order valence-corrected chi connectivity index (χ1v) is 12.4. The van der Waals surface area contributed by atoms with E-state index in [2.05, 4.69) is 22.3 Å². The van der Waals surface area contributed by atoms with Crippen LogP contribution >= 0.6 is 0 Å². The van der Waals surface area contributed by atoms with Gasteiger partial charge in [0, 0.05) is 19.2 Å². The van der Waals surface area contributed by atoms with Crippen molar-refractivity contribution in [3.05, 3.63) is 63.7 Å². The van der Waals surface area contributed by atoms with Crippen molar-refractivity contribution in [3.8, 4) is 11.5 Å². The third kappa shape index (κ3) is 4.94. The first-order valence-electron chi connectivity index (χ1n) is 12.4. The van der Waals surface area contributed by atoms with E-state index in [-0.39, 0.29) is 24.1 Å². The fourth-order valence-electron chi connectivity index (χ4n) is 5.12. The van der Waals surface area contributed by atoms with Crippen LogP contribution in [0.1, 0.15) is 35.8 Å². The number of carbonyl (C=O) groups is 1. The normalized spacial score (nSPS) is 18.0. The maximum absolute atomic E-state index is 13.7. The van der Waals surface area contributed by atoms with Crippen LogP contribution in [-0.4, -0.2) is 60.9 Å². The zero-order valence-corrected chi connectivity index (χ0v) is 20.8. The lowest BCUT2D eigenvalue weighted by molar-refractivity contribution is -0.122. The number of rotatable bonds is 7. The summed E-state index contributed by atoms with van der Waals surface area (Å²) in [5, 5.41) is 3.55. The lowest BCUT2D eigenvalue weighted by atomic mass is 9.88. The van der Waals surface area contributed by atoms with Crippen molar-refractivity contribution in [2.24, 2.45) is 0 Å². The van der Waals surface area contributed by atoms with Gasteiger partial charge in [-0.2, -0.15) is 0 Å². The number of aromatic nitrogens is 2. The molecule has 1 fully saturated rings. The third-order valence-electron chi connectivity index (χ3n) is 7.01. The summed E-state index contributed by atoms with van der Waals surface area (Å²) in [4.78, 5) is 34.0. The van der Waals surface area contributed by atoms with Crippen molar-refractivity contribution in [2.75, 3.05) is 40.5 Å². The van der Waals surface area contributed by atoms with Crippen molar-refractivity contribution in [1.82, 2.24) is 19.8 Å². The SMILES string of the molecule is COc1cc2nc(CN3CCOCC3)n(CC(=O)N[C@@H]3CCCc4ccccc43)c(=O)c2cc1OC. The summed E-state index contributed by atoms with van der Waals surface area (Å²) in [6.45, 7) is 3.08. The van der Waals surface area contributed by atoms with Gasteiger partial charge in [0.15, 0.2) is 11.5 Å². The number of methoxy groups -OCH3 is 2. The highest BCUT2D eigenvalue weighted by Gasteiger charge is 2.24. The smallest absolute Gasteiger partial charge is 0.262 e. The molecule has 2 heterocycles. The molecule has 0 saturated carbocycles. The molecule has 5 rings (SSSR count). The molecule has 9 nitrogen and oxygen atoms in total. The Balaban J connectivity index is 1.49. The summed E-state index contributed by atoms with van der Waals surface area (Å²) >= 11 is 0. The predicted molar refractivity (Wildman–Crippen MR) is 135 cm³/mol. The Kier molecular flexibility index (Phi) is 7.20. The number of amides is 1. The molecular formula is C27H32N4O5. The van der Waals surface area contributed by atoms with Crippen molar-refractivity contribution in [2.45, 2.75) is 38.4 Å². The first-order chi connectivity index (χ1) is 17.6. The molecular weight excluding hydrogens is 460 g/mol. The van der Waals surface area contributed by atoms with E-state index in [0.717, 1.165) is 37.9 Å². The maximum Gasteiger partial charge on any atom is 0.262 e. The van der Waals surface area contributed by atoms with E-state index in [0.29, 0.717) is 48.0 Å². The largest absolute Gasteiger partial charge is 0.493 e. The number of fused-ring (bicyclic) bond motifs is 2. The minimum absolute atomic E-state index is 0.0568. The Bertz CT molecular complexity index is 1320. The number of morpholine rings is 1. The summed E-state index contributed by atoms with van der Waals surface area (Å²) in [6, 6.07) is 11.5. The number of aryl methyl sites for hydroxylation is 1. The molecule has 0 unspecified atom stereocenters. The fourth-order valence-corrected chi connectivity index (χ4v) is 5.12. The number of nitrogens with zero attached hydrogens (tertiary/aromatic N) is 3. The van der Waals surface area contributed by atoms with E-state index >= 15 is 0 Å². The number of nitrogens with one attached hydrogen (secondary N) is 1. The fraction of sp³-hybridized carbons (Fsp3) is 0.444. The quantitative estimate of drug-likeness (QED) is 0.541. The van der Waals surface area contributed by atoms with Gasteiger partial charge in [0.25, 0.3) is 5.56 Å². The minimum Gasteiger partial charge on any atom is -0.493 e. The van der Waals surface area contributed by atoms with Crippen LogP contribution in [0.3, 0.4) is 0 Å². The summed E-state index contributed by atoms with van der Waals surface area (Å²) in [7, 11) is 3.07. The molecule has 0 radical (unpaired) electrons. The highest BCUT2D eigenvalue weighted by atomic mass is 16.5. The number of hydrogen-bond donors (Lipinski definition) is 1. The topological polar surface area (TPSA) is 94.9 Å². The lowest BCUT2D eigenvalue weighted by Gasteiger charge is -2.28. The van der Waals surface area contributed by atoms with Crippen LogP contribution in [0.5, 0.6) is 11.5 Å². The number of ether oxygens (including phenoxy) is 3. The molecule has 36 heavy (non-hydrogen) atoms. The monoisotopic (exact) mass is 492 g/mol. The van der Waals surface area contributed by atoms with Crippen LogP contribution in [-0.2, 0) is 29.0 Å². The summed E-state index contributed by atoms with van der Waals surface area (Å²) < 4.78 is 17.8. The van der Waals surface area contributed by atoms with E-state index in [1.807, 2.05) is 12.1 Å². The zero-order chi connectivity index (χ0) is 25.1. The van der Waals surface area contributed by atoms with Gasteiger partial charge in [0.05, 0.1) is 50.9 Å². The lowest BCUT2D eigenvalue weighted by Crippen LogP contribution is -2.40. The van der Waals surface area contributed by atoms with E-state index < -0.39 is 0 Å². The van der Waals surface area contributed by atoms with Crippen LogP contribution in [0.25, 0.3) is 10.9 Å². The van der Waals surface area contributed by atoms with Gasteiger partial charge in [-0.25, -0.2) is 4.98 Å². The van der Waals surface area contributed by atoms with Crippen molar-refractivity contribution < 1.29 is 19.0 Å². The highest BCUT2D eigenvalue weighted by Crippen LogP contribution is 2.31. The van der Waals surface area contributed by atoms with Gasteiger partial charge in [0.1, 0.15) is 12.4 Å². The van der Waals surface area contributed by atoms with Gasteiger partial charge in [-0.05, 0) is 36.5 Å². The molecule has 9 heteroatoms. The van der Waals surface area contributed by atoms with Crippen LogP contribution in [0.4, 0.5) is 0 Å². The highest BCUT2D eigenvalue weighted by molar-refractivity contribution is 5.83. The molecule has 2 aromatic carbocycles. The average molecular weight is 493 g/mol. The van der Waals surface area contributed by atoms with E-state index in [4.69, 9.17) is 19.2 Å². The predicted octanol–water partition coefficient (Wildman–Crippen LogP) is 2.44. The second kappa shape index (κ2) is 10.7. The Hall–Kier alpha value is -3.43. The van der Waals surface area contributed by atoms with Crippen molar-refractivity contribution in [3.63, 3.8) is 0 Å². The number of hydrogen-bond acceptors (Lipinski definition) is 7. The van der Waals surface area contributed by atoms with Gasteiger partial charge < -0.3 is 19.5 Å². The molecule has 0 spiro atoms. The molecule has 1 atom stereocenters. The molecule has 1 amide bonds. The molecule has 1 aliphatic heterocycles. The Labute approximate surface area is 210 Å². The summed E-state index contributed by atoms with van der Waals surface area (Å²) in [6.07, 6.45) is 2.92. The van der Waals surface area contributed by atoms with Crippen LogP contribution < -0.4 is 20.3 Å². The summed E-state index contributed by atoms with van der Waals surface area (Å²) in [5.74, 6) is 1.28. The molecule has 1 saturated heterocycles. The van der Waals surface area contributed by atoms with Crippen LogP contribution in [0.15, 0.2) is 41.2 Å². The third-order valence-corrected chi connectivity index (χ3v) is 7.01. The van der Waals surface area contributed by atoms with Crippen LogP contribution in [0, 0.1) is 0 Å². The molecule has 0 bridgehead atoms. The minimum atomic E-state index is -0.275. The van der Waals surface area contributed by atoms with Gasteiger partial charge in [-0.1, -0.05) is 24.3 Å². The maximum atomic E-state index is 13.7. The Morgan fingerprint density at radius 2 is 1.89 bits per heavy atom. The van der Waals surface area contributed by atoms with E-state index in [1.54, 1.807) is 19.2 Å². The van der Waals surface area contributed by atoms with Gasteiger partial charge in [-0.3, -0.25) is 19.1 Å². The molecule has 1 N–H and O–H groups in total. The van der Waals surface area contributed by atoms with E-state index in [9.17, 15) is 9.59 Å². The summed E-state index contributed by atoms with van der Waals surface area (Å²) in [5.41, 5.74) is 2.67. The average Bonchev–Trinajstić information content (AvgIpc) is 2.91. The van der Waals surface area contributed by atoms with Gasteiger partial charge in [0.2, 0.25) is 5.91 Å². The van der Waals surface area contributed by atoms with Gasteiger partial charge >= 0.3 is 0 Å². The standard InChI is InChI=1S/C27H32N4O5/c1-34-23-14-20-22(15-24(23)35-2)28-25(16-30-10-12-36-13-11-30)31(27(20)33)17-26(32)29-21-9-5-7-18-6-3-4-8-19(18)21/h3-4,6,8,14-15,21H,5,7,9-13,16-17H2,1-2H3,(H,29,32)/t21-/m1/s1. The second-order valence-electron chi connectivity index (χ2n) is 9.24. The van der Waals surface area contributed by atoms with Crippen LogP contribution in [0.2, 0.25) is 0 Å². The van der Waals surface area contributed by atoms with Crippen molar-refractivity contribution in [1.29, 1.82) is 0 Å². The first kappa shape index (κ1) is 24.3. The zero-order valence-electron chi connectivity index (χ0n) is 20.8. The Morgan fingerprint density at radius 1 is 1.14 bits per heavy atom. The van der Waals surface area contributed by atoms with E-state index in [1.165, 1.54) is 17.2 Å². The molecule has 1 aromatic heterocycles. The number of carbonyl (C=O) groups excluding carboxylic acids is 1. The molecule has 2 aliphatic rings. The molecule has 1 aliphatic carbocycles. The number of benzene rings is 2. The molecule has 190 valence electrons. The second-order valence-corrected chi connectivity index (χ2v) is 9.24. The van der Waals surface area contributed by atoms with Crippen molar-refractivity contribution >= 4 is 16.8 Å². The van der Waals surface area contributed by atoms with Gasteiger partial charge in [-0.15, -0.1) is 0 Å².